The second kappa shape index (κ2) is 26.4. The van der Waals surface area contributed by atoms with E-state index in [1.165, 1.54) is 205 Å². The monoisotopic (exact) mass is 1180 g/mol. The van der Waals surface area contributed by atoms with Gasteiger partial charge in [-0.25, -0.2) is 0 Å². The lowest BCUT2D eigenvalue weighted by atomic mass is 9.76. The Kier molecular flexibility index (Phi) is 19.5. The molecule has 20 heteroatoms. The Labute approximate surface area is 503 Å². The van der Waals surface area contributed by atoms with Gasteiger partial charge in [0.1, 0.15) is 0 Å². The number of rotatable bonds is 0. The lowest BCUT2D eigenvalue weighted by Gasteiger charge is -2.35. The van der Waals surface area contributed by atoms with Gasteiger partial charge in [-0.05, 0) is 197 Å². The zero-order valence-corrected chi connectivity index (χ0v) is 51.1. The van der Waals surface area contributed by atoms with Gasteiger partial charge in [-0.2, -0.15) is 0 Å². The average Bonchev–Trinajstić information content (AvgIpc) is 4.60. The maximum absolute atomic E-state index is 4.26. The Bertz CT molecular complexity index is 1590. The maximum atomic E-state index is 4.26. The molecule has 18 aliphatic rings. The molecule has 16 atom stereocenters. The number of hydrogen-bond donors (Lipinski definition) is 16. The highest BCUT2D eigenvalue weighted by atomic mass is 16.0. The van der Waals surface area contributed by atoms with Crippen LogP contribution in [0.15, 0.2) is 0 Å². The molecule has 8 aliphatic carbocycles. The Hall–Kier alpha value is -0.800. The minimum absolute atomic E-state index is 0. The Morgan fingerprint density at radius 1 is 0.107 bits per heavy atom. The van der Waals surface area contributed by atoms with Gasteiger partial charge >= 0.3 is 0 Å². The van der Waals surface area contributed by atoms with Gasteiger partial charge < -0.3 is 21.9 Å². The van der Waals surface area contributed by atoms with E-state index in [0.717, 1.165) is 94.7 Å². The van der Waals surface area contributed by atoms with Crippen molar-refractivity contribution in [2.75, 3.05) is 0 Å². The first kappa shape index (κ1) is 62.0. The molecule has 24 N–H and O–H groups in total. The third kappa shape index (κ3) is 11.3. The van der Waals surface area contributed by atoms with Crippen molar-refractivity contribution in [1.82, 2.24) is 85.1 Å². The maximum Gasteiger partial charge on any atom is 0.0628 e. The van der Waals surface area contributed by atoms with Crippen LogP contribution < -0.4 is 85.1 Å². The summed E-state index contributed by atoms with van der Waals surface area (Å²) in [6, 6.07) is 0. The van der Waals surface area contributed by atoms with Crippen LogP contribution in [0, 0.1) is 94.7 Å². The summed E-state index contributed by atoms with van der Waals surface area (Å²) in [5.41, 5.74) is 0. The summed E-state index contributed by atoms with van der Waals surface area (Å²) in [6.07, 6.45) is 51.1. The first-order chi connectivity index (χ1) is 39.6. The highest BCUT2D eigenvalue weighted by Crippen LogP contribution is 2.49. The first-order valence-electron chi connectivity index (χ1n) is 35.8. The summed E-state index contributed by atoms with van der Waals surface area (Å²) in [5, 5.41) is 67.6. The van der Waals surface area contributed by atoms with Gasteiger partial charge in [0, 0.05) is 0 Å². The highest BCUT2D eigenvalue weighted by molar-refractivity contribution is 5.11. The molecule has 0 aromatic carbocycles. The van der Waals surface area contributed by atoms with Crippen molar-refractivity contribution < 1.29 is 21.9 Å². The molecule has 480 valence electrons. The standard InChI is InChI=1S/2C32H56N8.4H2O/c2*1-2-10-18-17(9-1)25-33-26(18)38-28-21-13-5-6-14-22(21)30(35-28)40-32-24-16-8-7-15-23(24)31(36-32)39-29-20-12-4-3-11-19(20)27(34-29)37-25;;;;/h2*17-40H,1-16H2;4*1H2. The van der Waals surface area contributed by atoms with E-state index in [1.807, 2.05) is 0 Å². The largest absolute Gasteiger partial charge is 0.412 e. The molecular weight excluding hydrogens is 1060 g/mol. The van der Waals surface area contributed by atoms with Crippen LogP contribution in [0.4, 0.5) is 0 Å². The fraction of sp³-hybridized carbons (Fsp3) is 1.00. The van der Waals surface area contributed by atoms with Crippen LogP contribution >= 0.6 is 0 Å². The molecule has 18 fully saturated rings. The number of hydrogen-bond acceptors (Lipinski definition) is 16. The van der Waals surface area contributed by atoms with Crippen LogP contribution in [0.3, 0.4) is 0 Å². The van der Waals surface area contributed by atoms with Crippen molar-refractivity contribution in [2.45, 2.75) is 304 Å². The third-order valence-electron chi connectivity index (χ3n) is 27.6. The molecule has 20 nitrogen and oxygen atoms in total. The van der Waals surface area contributed by atoms with E-state index in [0.29, 0.717) is 98.7 Å². The van der Waals surface area contributed by atoms with Gasteiger partial charge in [-0.1, -0.05) is 103 Å². The molecule has 8 saturated carbocycles. The minimum atomic E-state index is 0. The van der Waals surface area contributed by atoms with Crippen molar-refractivity contribution >= 4 is 0 Å². The highest BCUT2D eigenvalue weighted by Gasteiger charge is 2.57. The van der Waals surface area contributed by atoms with E-state index >= 15 is 0 Å². The molecule has 0 aromatic heterocycles. The smallest absolute Gasteiger partial charge is 0.0628 e. The molecule has 0 spiro atoms. The zero-order valence-electron chi connectivity index (χ0n) is 51.1. The van der Waals surface area contributed by atoms with Gasteiger partial charge in [-0.15, -0.1) is 0 Å². The molecule has 0 radical (unpaired) electrons. The number of fused-ring (bicyclic) bond motifs is 40. The second-order valence-electron chi connectivity index (χ2n) is 31.2. The van der Waals surface area contributed by atoms with E-state index in [-0.39, 0.29) is 21.9 Å². The average molecular weight is 1180 g/mol. The molecule has 18 rings (SSSR count). The van der Waals surface area contributed by atoms with Crippen LogP contribution in [0.25, 0.3) is 0 Å². The lowest BCUT2D eigenvalue weighted by molar-refractivity contribution is 0.167. The van der Waals surface area contributed by atoms with Crippen molar-refractivity contribution in [1.29, 1.82) is 0 Å². The van der Waals surface area contributed by atoms with Crippen LogP contribution in [0.5, 0.6) is 0 Å². The molecule has 10 saturated heterocycles. The fourth-order valence-corrected chi connectivity index (χ4v) is 23.9. The van der Waals surface area contributed by atoms with E-state index in [4.69, 9.17) is 0 Å². The summed E-state index contributed by atoms with van der Waals surface area (Å²) >= 11 is 0. The van der Waals surface area contributed by atoms with E-state index in [9.17, 15) is 0 Å². The van der Waals surface area contributed by atoms with Gasteiger partial charge in [0.25, 0.3) is 0 Å². The van der Waals surface area contributed by atoms with E-state index in [1.54, 1.807) is 0 Å². The van der Waals surface area contributed by atoms with E-state index in [2.05, 4.69) is 85.1 Å². The summed E-state index contributed by atoms with van der Waals surface area (Å²) in [5.74, 6) is 11.9. The van der Waals surface area contributed by atoms with Crippen molar-refractivity contribution in [2.24, 2.45) is 94.7 Å². The quantitative estimate of drug-likeness (QED) is 0.165. The van der Waals surface area contributed by atoms with Gasteiger partial charge in [0.2, 0.25) is 0 Å². The van der Waals surface area contributed by atoms with Crippen LogP contribution in [-0.2, 0) is 0 Å². The van der Waals surface area contributed by atoms with E-state index < -0.39 is 0 Å². The van der Waals surface area contributed by atoms with Crippen LogP contribution in [0.1, 0.15) is 205 Å². The molecule has 10 aliphatic heterocycles. The fourth-order valence-electron chi connectivity index (χ4n) is 23.9. The minimum Gasteiger partial charge on any atom is -0.412 e. The van der Waals surface area contributed by atoms with Gasteiger partial charge in [0.05, 0.1) is 98.7 Å². The SMILES string of the molecule is C1CCC2C3NC(NC4NC(NC5NC(NC6NC(N3)C3CCCCC63)C3CCCCC53)C3CCCCC43)C2C1.C1CCC2C3NC(NC4NC(NC5NC(NC6NC(N3)C3CCCCC63)C3CCCCC53)C3CCCCC43)C2C1.O.O.O.O. The molecule has 84 heavy (non-hydrogen) atoms. The van der Waals surface area contributed by atoms with Crippen LogP contribution in [-0.4, -0.2) is 121 Å². The summed E-state index contributed by atoms with van der Waals surface area (Å²) in [7, 11) is 0. The topological polar surface area (TPSA) is 318 Å². The van der Waals surface area contributed by atoms with Crippen LogP contribution in [0.2, 0.25) is 0 Å². The lowest BCUT2D eigenvalue weighted by Crippen LogP contribution is -2.61. The molecular formula is C64H120N16O4. The molecule has 16 bridgehead atoms. The van der Waals surface area contributed by atoms with Gasteiger partial charge in [0.15, 0.2) is 0 Å². The Balaban J connectivity index is 0.000000150. The predicted molar refractivity (Wildman–Crippen MR) is 329 cm³/mol. The van der Waals surface area contributed by atoms with Crippen molar-refractivity contribution in [3.8, 4) is 0 Å². The molecule has 0 amide bonds. The zero-order chi connectivity index (χ0) is 52.4. The number of nitrogens with one attached hydrogen (secondary N) is 16. The first-order valence-corrected chi connectivity index (χ1v) is 35.8. The normalized spacial score (nSPS) is 54.9. The Morgan fingerprint density at radius 2 is 0.167 bits per heavy atom. The Morgan fingerprint density at radius 3 is 0.226 bits per heavy atom. The molecule has 0 aromatic rings. The summed E-state index contributed by atoms with van der Waals surface area (Å²) < 4.78 is 0. The van der Waals surface area contributed by atoms with Crippen molar-refractivity contribution in [3.05, 3.63) is 0 Å². The van der Waals surface area contributed by atoms with Gasteiger partial charge in [-0.3, -0.25) is 85.1 Å². The molecule has 16 unspecified atom stereocenters. The second-order valence-corrected chi connectivity index (χ2v) is 31.2. The predicted octanol–water partition coefficient (Wildman–Crippen LogP) is 1.91. The summed E-state index contributed by atoms with van der Waals surface area (Å²) in [4.78, 5) is 0. The molecule has 10 heterocycles. The third-order valence-corrected chi connectivity index (χ3v) is 27.6. The summed E-state index contributed by atoms with van der Waals surface area (Å²) in [6.45, 7) is 0. The van der Waals surface area contributed by atoms with Crippen molar-refractivity contribution in [3.63, 3.8) is 0 Å².